The zero-order valence-electron chi connectivity index (χ0n) is 14.8. The van der Waals surface area contributed by atoms with Gasteiger partial charge in [0.05, 0.1) is 17.0 Å². The number of primary sulfonamides is 1. The second-order valence-electron chi connectivity index (χ2n) is 6.78. The van der Waals surface area contributed by atoms with Crippen molar-refractivity contribution < 1.29 is 17.9 Å². The third-order valence-electron chi connectivity index (χ3n) is 4.21. The van der Waals surface area contributed by atoms with Crippen molar-refractivity contribution in [3.05, 3.63) is 47.5 Å². The number of hydrogen-bond acceptors (Lipinski definition) is 4. The maximum absolute atomic E-state index is 12.0. The van der Waals surface area contributed by atoms with Crippen molar-refractivity contribution in [2.75, 3.05) is 13.2 Å². The molecule has 3 rings (SSSR count). The fourth-order valence-electron chi connectivity index (χ4n) is 3.04. The molecule has 0 unspecified atom stereocenters. The Bertz CT molecular complexity index is 952. The van der Waals surface area contributed by atoms with Gasteiger partial charge < -0.3 is 10.1 Å². The predicted octanol–water partition coefficient (Wildman–Crippen LogP) is 2.32. The van der Waals surface area contributed by atoms with Gasteiger partial charge in [-0.3, -0.25) is 4.79 Å². The van der Waals surface area contributed by atoms with E-state index in [2.05, 4.69) is 5.32 Å². The van der Waals surface area contributed by atoms with Crippen molar-refractivity contribution in [1.82, 2.24) is 5.32 Å². The topological polar surface area (TPSA) is 98.5 Å². The van der Waals surface area contributed by atoms with E-state index in [0.29, 0.717) is 47.9 Å². The molecule has 6 nitrogen and oxygen atoms in total. The molecule has 0 aliphatic carbocycles. The Morgan fingerprint density at radius 3 is 2.54 bits per heavy atom. The molecular formula is C19H22N2O4S. The van der Waals surface area contributed by atoms with Crippen LogP contribution in [0.25, 0.3) is 11.1 Å². The molecule has 7 heteroatoms. The van der Waals surface area contributed by atoms with Crippen LogP contribution in [0.4, 0.5) is 0 Å². The summed E-state index contributed by atoms with van der Waals surface area (Å²) in [5.74, 6) is 0.614. The summed E-state index contributed by atoms with van der Waals surface area (Å²) in [4.78, 5) is 12.1. The molecular weight excluding hydrogens is 352 g/mol. The molecule has 1 amide bonds. The molecule has 1 heterocycles. The molecule has 26 heavy (non-hydrogen) atoms. The van der Waals surface area contributed by atoms with Gasteiger partial charge in [0.1, 0.15) is 12.4 Å². The number of hydrogen-bond donors (Lipinski definition) is 2. The minimum Gasteiger partial charge on any atom is -0.491 e. The molecule has 0 fully saturated rings. The lowest BCUT2D eigenvalue weighted by atomic mass is 9.98. The van der Waals surface area contributed by atoms with Crippen LogP contribution >= 0.6 is 0 Å². The second kappa shape index (κ2) is 7.09. The van der Waals surface area contributed by atoms with E-state index in [1.807, 2.05) is 19.9 Å². The van der Waals surface area contributed by atoms with E-state index in [1.165, 1.54) is 0 Å². The van der Waals surface area contributed by atoms with Crippen LogP contribution in [0.5, 0.6) is 5.75 Å². The van der Waals surface area contributed by atoms with Crippen molar-refractivity contribution in [2.24, 2.45) is 11.1 Å². The number of fused-ring (bicyclic) bond motifs is 1. The molecule has 0 bridgehead atoms. The first kappa shape index (κ1) is 18.4. The molecule has 2 aromatic carbocycles. The monoisotopic (exact) mass is 374 g/mol. The number of ether oxygens (including phenoxy) is 1. The summed E-state index contributed by atoms with van der Waals surface area (Å²) in [5, 5.41) is 8.18. The van der Waals surface area contributed by atoms with E-state index in [0.717, 1.165) is 5.56 Å². The Morgan fingerprint density at radius 1 is 1.15 bits per heavy atom. The maximum Gasteiger partial charge on any atom is 0.255 e. The third kappa shape index (κ3) is 3.89. The number of benzene rings is 2. The van der Waals surface area contributed by atoms with Crippen LogP contribution in [0.3, 0.4) is 0 Å². The highest BCUT2D eigenvalue weighted by atomic mass is 32.2. The second-order valence-corrected chi connectivity index (χ2v) is 8.31. The van der Waals surface area contributed by atoms with E-state index in [-0.39, 0.29) is 10.8 Å². The summed E-state index contributed by atoms with van der Waals surface area (Å²) in [6.07, 6.45) is 0.625. The SMILES string of the molecule is CC(C)Cc1ccc(-c2ccc3c(c2)OCCNC3=O)cc1S(N)(=O)=O. The van der Waals surface area contributed by atoms with Crippen LogP contribution in [-0.4, -0.2) is 27.5 Å². The van der Waals surface area contributed by atoms with Gasteiger partial charge in [-0.2, -0.15) is 0 Å². The molecule has 0 spiro atoms. The van der Waals surface area contributed by atoms with Gasteiger partial charge >= 0.3 is 0 Å². The highest BCUT2D eigenvalue weighted by Gasteiger charge is 2.19. The summed E-state index contributed by atoms with van der Waals surface area (Å²) in [6.45, 7) is 4.88. The van der Waals surface area contributed by atoms with Crippen LogP contribution in [0.2, 0.25) is 0 Å². The first-order chi connectivity index (χ1) is 12.3. The van der Waals surface area contributed by atoms with Crippen molar-refractivity contribution in [2.45, 2.75) is 25.2 Å². The normalized spacial score (nSPS) is 14.4. The third-order valence-corrected chi connectivity index (χ3v) is 5.20. The van der Waals surface area contributed by atoms with Crippen molar-refractivity contribution in [3.8, 4) is 16.9 Å². The molecule has 0 saturated heterocycles. The van der Waals surface area contributed by atoms with Crippen molar-refractivity contribution in [3.63, 3.8) is 0 Å². The Morgan fingerprint density at radius 2 is 1.85 bits per heavy atom. The molecule has 1 aliphatic rings. The van der Waals surface area contributed by atoms with Crippen molar-refractivity contribution in [1.29, 1.82) is 0 Å². The van der Waals surface area contributed by atoms with Crippen LogP contribution in [0, 0.1) is 5.92 Å². The first-order valence-corrected chi connectivity index (χ1v) is 10.0. The largest absolute Gasteiger partial charge is 0.491 e. The number of rotatable bonds is 4. The zero-order chi connectivity index (χ0) is 18.9. The molecule has 138 valence electrons. The molecule has 1 aliphatic heterocycles. The van der Waals surface area contributed by atoms with Gasteiger partial charge in [-0.25, -0.2) is 13.6 Å². The number of carbonyl (C=O) groups is 1. The lowest BCUT2D eigenvalue weighted by molar-refractivity contribution is 0.0957. The average Bonchev–Trinajstić information content (AvgIpc) is 2.75. The lowest BCUT2D eigenvalue weighted by Crippen LogP contribution is -2.24. The minimum atomic E-state index is -3.84. The van der Waals surface area contributed by atoms with Gasteiger partial charge in [0.15, 0.2) is 0 Å². The van der Waals surface area contributed by atoms with Gasteiger partial charge in [-0.1, -0.05) is 32.0 Å². The number of carbonyl (C=O) groups excluding carboxylic acids is 1. The lowest BCUT2D eigenvalue weighted by Gasteiger charge is -2.13. The Labute approximate surface area is 153 Å². The minimum absolute atomic E-state index is 0.136. The van der Waals surface area contributed by atoms with E-state index in [1.54, 1.807) is 30.3 Å². The van der Waals surface area contributed by atoms with Crippen LogP contribution in [0.15, 0.2) is 41.3 Å². The summed E-state index contributed by atoms with van der Waals surface area (Å²) < 4.78 is 29.7. The predicted molar refractivity (Wildman–Crippen MR) is 99.6 cm³/mol. The van der Waals surface area contributed by atoms with Crippen LogP contribution in [-0.2, 0) is 16.4 Å². The van der Waals surface area contributed by atoms with Gasteiger partial charge in [0.2, 0.25) is 10.0 Å². The molecule has 0 aromatic heterocycles. The van der Waals surface area contributed by atoms with E-state index < -0.39 is 10.0 Å². The van der Waals surface area contributed by atoms with Gasteiger partial charge in [0, 0.05) is 0 Å². The maximum atomic E-state index is 12.0. The summed E-state index contributed by atoms with van der Waals surface area (Å²) >= 11 is 0. The van der Waals surface area contributed by atoms with Crippen LogP contribution < -0.4 is 15.2 Å². The number of sulfonamides is 1. The number of amides is 1. The molecule has 0 radical (unpaired) electrons. The van der Waals surface area contributed by atoms with E-state index in [9.17, 15) is 13.2 Å². The fourth-order valence-corrected chi connectivity index (χ4v) is 3.85. The Kier molecular flexibility index (Phi) is 5.02. The molecule has 3 N–H and O–H groups in total. The van der Waals surface area contributed by atoms with E-state index in [4.69, 9.17) is 9.88 Å². The Hall–Kier alpha value is -2.38. The summed E-state index contributed by atoms with van der Waals surface area (Å²) in [7, 11) is -3.84. The summed E-state index contributed by atoms with van der Waals surface area (Å²) in [5.41, 5.74) is 2.64. The van der Waals surface area contributed by atoms with E-state index >= 15 is 0 Å². The van der Waals surface area contributed by atoms with Crippen LogP contribution in [0.1, 0.15) is 29.8 Å². The number of nitrogens with one attached hydrogen (secondary N) is 1. The molecule has 0 atom stereocenters. The first-order valence-electron chi connectivity index (χ1n) is 8.47. The number of nitrogens with two attached hydrogens (primary N) is 1. The fraction of sp³-hybridized carbons (Fsp3) is 0.316. The molecule has 2 aromatic rings. The summed E-state index contributed by atoms with van der Waals surface area (Å²) in [6, 6.07) is 10.5. The van der Waals surface area contributed by atoms with Gasteiger partial charge in [0.25, 0.3) is 5.91 Å². The Balaban J connectivity index is 2.07. The quantitative estimate of drug-likeness (QED) is 0.858. The standard InChI is InChI=1S/C19H22N2O4S/c1-12(2)9-15-4-3-14(11-18(15)26(20,23)24)13-5-6-16-17(10-13)25-8-7-21-19(16)22/h3-6,10-12H,7-9H2,1-2H3,(H,21,22)(H2,20,23,24). The van der Waals surface area contributed by atoms with Gasteiger partial charge in [-0.05, 0) is 47.2 Å². The highest BCUT2D eigenvalue weighted by Crippen LogP contribution is 2.31. The average molecular weight is 374 g/mol. The highest BCUT2D eigenvalue weighted by molar-refractivity contribution is 7.89. The smallest absolute Gasteiger partial charge is 0.255 e. The van der Waals surface area contributed by atoms with Crippen molar-refractivity contribution >= 4 is 15.9 Å². The van der Waals surface area contributed by atoms with Gasteiger partial charge in [-0.15, -0.1) is 0 Å². The molecule has 0 saturated carbocycles. The zero-order valence-corrected chi connectivity index (χ0v) is 15.6.